The van der Waals surface area contributed by atoms with Gasteiger partial charge in [0.2, 0.25) is 0 Å². The maximum atomic E-state index is 11.8. The smallest absolute Gasteiger partial charge is 0.302 e. The first-order valence-corrected chi connectivity index (χ1v) is 13.0. The van der Waals surface area contributed by atoms with Crippen LogP contribution in [0, 0.1) is 5.92 Å². The number of fused-ring (bicyclic) bond motifs is 3. The molecule has 194 valence electrons. The SMILES string of the molecule is CC(=O)OC[C@H]1O[C@@H]2c3cc(Cl)ccc3N(C)C[C@@H]2[C@@H](OCc2ccccc2)[C@H]1OCc1ccccc1. The second kappa shape index (κ2) is 11.7. The summed E-state index contributed by atoms with van der Waals surface area (Å²) in [5.41, 5.74) is 4.21. The predicted molar refractivity (Wildman–Crippen MR) is 142 cm³/mol. The van der Waals surface area contributed by atoms with E-state index < -0.39 is 12.2 Å². The van der Waals surface area contributed by atoms with Crippen molar-refractivity contribution in [1.82, 2.24) is 0 Å². The van der Waals surface area contributed by atoms with Gasteiger partial charge in [0.05, 0.1) is 25.4 Å². The van der Waals surface area contributed by atoms with Gasteiger partial charge in [-0.1, -0.05) is 72.3 Å². The molecule has 1 saturated heterocycles. The fourth-order valence-corrected chi connectivity index (χ4v) is 5.48. The predicted octanol–water partition coefficient (Wildman–Crippen LogP) is 5.58. The van der Waals surface area contributed by atoms with Crippen LogP contribution in [0.4, 0.5) is 5.69 Å². The summed E-state index contributed by atoms with van der Waals surface area (Å²) in [4.78, 5) is 14.0. The summed E-state index contributed by atoms with van der Waals surface area (Å²) in [6, 6.07) is 26.0. The fourth-order valence-electron chi connectivity index (χ4n) is 5.30. The van der Waals surface area contributed by atoms with Crippen LogP contribution in [0.5, 0.6) is 0 Å². The molecule has 0 bridgehead atoms. The molecular weight excluding hydrogens is 490 g/mol. The monoisotopic (exact) mass is 521 g/mol. The lowest BCUT2D eigenvalue weighted by atomic mass is 9.79. The number of nitrogens with zero attached hydrogens (tertiary/aromatic N) is 1. The van der Waals surface area contributed by atoms with E-state index in [1.165, 1.54) is 6.92 Å². The summed E-state index contributed by atoms with van der Waals surface area (Å²) >= 11 is 6.42. The van der Waals surface area contributed by atoms with Gasteiger partial charge in [-0.15, -0.1) is 0 Å². The molecule has 5 atom stereocenters. The second-order valence-electron chi connectivity index (χ2n) is 9.67. The Labute approximate surface area is 223 Å². The lowest BCUT2D eigenvalue weighted by Gasteiger charge is -2.50. The molecule has 0 radical (unpaired) electrons. The molecule has 2 aliphatic heterocycles. The van der Waals surface area contributed by atoms with Crippen molar-refractivity contribution in [2.24, 2.45) is 5.92 Å². The molecule has 5 rings (SSSR count). The van der Waals surface area contributed by atoms with Crippen LogP contribution < -0.4 is 4.90 Å². The maximum Gasteiger partial charge on any atom is 0.302 e. The molecule has 0 spiro atoms. The number of hydrogen-bond donors (Lipinski definition) is 0. The molecule has 3 aromatic carbocycles. The van der Waals surface area contributed by atoms with Crippen molar-refractivity contribution in [2.45, 2.75) is 44.6 Å². The largest absolute Gasteiger partial charge is 0.463 e. The van der Waals surface area contributed by atoms with E-state index in [0.29, 0.717) is 18.2 Å². The Balaban J connectivity index is 1.49. The highest BCUT2D eigenvalue weighted by Crippen LogP contribution is 2.47. The quantitative estimate of drug-likeness (QED) is 0.361. The second-order valence-corrected chi connectivity index (χ2v) is 10.1. The minimum Gasteiger partial charge on any atom is -0.463 e. The highest BCUT2D eigenvalue weighted by Gasteiger charge is 2.51. The number of esters is 1. The summed E-state index contributed by atoms with van der Waals surface area (Å²) in [5, 5.41) is 0.650. The van der Waals surface area contributed by atoms with Gasteiger partial charge in [0, 0.05) is 42.7 Å². The molecule has 0 N–H and O–H groups in total. The van der Waals surface area contributed by atoms with Crippen molar-refractivity contribution in [3.05, 3.63) is 101 Å². The highest BCUT2D eigenvalue weighted by atomic mass is 35.5. The van der Waals surface area contributed by atoms with Crippen LogP contribution in [0.3, 0.4) is 0 Å². The number of ether oxygens (including phenoxy) is 4. The zero-order chi connectivity index (χ0) is 25.8. The van der Waals surface area contributed by atoms with Gasteiger partial charge >= 0.3 is 5.97 Å². The Morgan fingerprint density at radius 2 is 1.57 bits per heavy atom. The first-order valence-electron chi connectivity index (χ1n) is 12.6. The molecule has 0 unspecified atom stereocenters. The van der Waals surface area contributed by atoms with Gasteiger partial charge in [-0.3, -0.25) is 4.79 Å². The molecule has 0 aliphatic carbocycles. The number of carbonyl (C=O) groups excluding carboxylic acids is 1. The fraction of sp³-hybridized carbons (Fsp3) is 0.367. The van der Waals surface area contributed by atoms with Gasteiger partial charge in [0.15, 0.2) is 0 Å². The van der Waals surface area contributed by atoms with Crippen LogP contribution in [-0.4, -0.2) is 44.5 Å². The zero-order valence-electron chi connectivity index (χ0n) is 21.1. The lowest BCUT2D eigenvalue weighted by Crippen LogP contribution is -2.58. The van der Waals surface area contributed by atoms with Gasteiger partial charge in [0.25, 0.3) is 0 Å². The average molecular weight is 522 g/mol. The average Bonchev–Trinajstić information content (AvgIpc) is 2.91. The molecule has 0 amide bonds. The number of benzene rings is 3. The molecule has 0 aromatic heterocycles. The number of hydrogen-bond acceptors (Lipinski definition) is 6. The van der Waals surface area contributed by atoms with E-state index in [4.69, 9.17) is 30.5 Å². The van der Waals surface area contributed by atoms with Gasteiger partial charge < -0.3 is 23.8 Å². The third-order valence-corrected chi connectivity index (χ3v) is 7.27. The Morgan fingerprint density at radius 1 is 0.946 bits per heavy atom. The Hall–Kier alpha value is -2.90. The van der Waals surface area contributed by atoms with Crippen LogP contribution in [-0.2, 0) is 37.0 Å². The maximum absolute atomic E-state index is 11.8. The molecule has 6 nitrogen and oxygen atoms in total. The molecule has 2 aliphatic rings. The van der Waals surface area contributed by atoms with Gasteiger partial charge in [-0.2, -0.15) is 0 Å². The molecule has 0 saturated carbocycles. The number of anilines is 1. The number of rotatable bonds is 8. The minimum absolute atomic E-state index is 0.0194. The summed E-state index contributed by atoms with van der Waals surface area (Å²) < 4.78 is 25.3. The number of halogens is 1. The highest BCUT2D eigenvalue weighted by molar-refractivity contribution is 6.30. The van der Waals surface area contributed by atoms with E-state index in [9.17, 15) is 4.79 Å². The summed E-state index contributed by atoms with van der Waals surface area (Å²) in [6.07, 6.45) is -1.54. The normalized spacial score (nSPS) is 24.7. The Bertz CT molecular complexity index is 1190. The van der Waals surface area contributed by atoms with Crippen molar-refractivity contribution >= 4 is 23.3 Å². The third-order valence-electron chi connectivity index (χ3n) is 7.04. The molecule has 3 aromatic rings. The van der Waals surface area contributed by atoms with Crippen molar-refractivity contribution in [1.29, 1.82) is 0 Å². The molecule has 7 heteroatoms. The minimum atomic E-state index is -0.509. The topological polar surface area (TPSA) is 57.2 Å². The van der Waals surface area contributed by atoms with Gasteiger partial charge in [-0.05, 0) is 29.3 Å². The molecular formula is C30H32ClNO5. The van der Waals surface area contributed by atoms with Crippen LogP contribution >= 0.6 is 11.6 Å². The first-order chi connectivity index (χ1) is 18.0. The van der Waals surface area contributed by atoms with Crippen LogP contribution in [0.2, 0.25) is 5.02 Å². The molecule has 1 fully saturated rings. The summed E-state index contributed by atoms with van der Waals surface area (Å²) in [7, 11) is 2.07. The third kappa shape index (κ3) is 5.99. The van der Waals surface area contributed by atoms with Crippen molar-refractivity contribution in [3.8, 4) is 0 Å². The van der Waals surface area contributed by atoms with Crippen molar-refractivity contribution in [3.63, 3.8) is 0 Å². The van der Waals surface area contributed by atoms with E-state index >= 15 is 0 Å². The van der Waals surface area contributed by atoms with Crippen molar-refractivity contribution < 1.29 is 23.7 Å². The Kier molecular flexibility index (Phi) is 8.11. The standard InChI is InChI=1S/C30H32ClNO5/c1-20(33)34-19-27-30(36-18-22-11-7-4-8-12-22)29(35-17-21-9-5-3-6-10-21)25-16-32(2)26-14-13-23(31)15-24(26)28(25)37-27/h3-15,25,27-30H,16-19H2,1-2H3/t25-,27+,28+,29+,30-/m0/s1. The zero-order valence-corrected chi connectivity index (χ0v) is 21.8. The summed E-state index contributed by atoms with van der Waals surface area (Å²) in [5.74, 6) is -0.380. The lowest BCUT2D eigenvalue weighted by molar-refractivity contribution is -0.245. The first kappa shape index (κ1) is 25.7. The van der Waals surface area contributed by atoms with Crippen molar-refractivity contribution in [2.75, 3.05) is 25.1 Å². The van der Waals surface area contributed by atoms with E-state index in [0.717, 1.165) is 28.9 Å². The van der Waals surface area contributed by atoms with Gasteiger partial charge in [-0.25, -0.2) is 0 Å². The Morgan fingerprint density at radius 3 is 2.19 bits per heavy atom. The van der Waals surface area contributed by atoms with E-state index in [1.807, 2.05) is 66.7 Å². The van der Waals surface area contributed by atoms with Crippen LogP contribution in [0.1, 0.15) is 29.7 Å². The molecule has 2 heterocycles. The van der Waals surface area contributed by atoms with E-state index in [-0.39, 0.29) is 30.7 Å². The van der Waals surface area contributed by atoms with Gasteiger partial charge in [0.1, 0.15) is 18.8 Å². The number of carbonyl (C=O) groups is 1. The molecule has 37 heavy (non-hydrogen) atoms. The van der Waals surface area contributed by atoms with E-state index in [2.05, 4.69) is 24.1 Å². The van der Waals surface area contributed by atoms with Crippen LogP contribution in [0.25, 0.3) is 0 Å². The van der Waals surface area contributed by atoms with Crippen LogP contribution in [0.15, 0.2) is 78.9 Å². The summed E-state index contributed by atoms with van der Waals surface area (Å²) in [6.45, 7) is 3.04. The van der Waals surface area contributed by atoms with E-state index in [1.54, 1.807) is 0 Å².